The molecule has 0 aliphatic carbocycles. The molecule has 0 saturated heterocycles. The maximum atomic E-state index is 11.5. The molecule has 0 radical (unpaired) electrons. The van der Waals surface area contributed by atoms with Crippen LogP contribution < -0.4 is 5.32 Å². The van der Waals surface area contributed by atoms with Crippen molar-refractivity contribution >= 4 is 5.91 Å². The van der Waals surface area contributed by atoms with Crippen LogP contribution in [0.15, 0.2) is 30.3 Å². The Morgan fingerprint density at radius 2 is 1.76 bits per heavy atom. The van der Waals surface area contributed by atoms with Crippen LogP contribution in [-0.4, -0.2) is 23.2 Å². The standard InChI is InChI=1S/C14H21NO2/c1-10(16)13(17)15-11(2)14(3,4)12-8-6-5-7-9-12/h5-11,16H,1-4H3,(H,15,17). The van der Waals surface area contributed by atoms with Crippen molar-refractivity contribution < 1.29 is 9.90 Å². The monoisotopic (exact) mass is 235 g/mol. The second kappa shape index (κ2) is 5.32. The van der Waals surface area contributed by atoms with Crippen molar-refractivity contribution in [2.24, 2.45) is 0 Å². The van der Waals surface area contributed by atoms with Crippen LogP contribution in [0.2, 0.25) is 0 Å². The molecule has 1 aromatic carbocycles. The van der Waals surface area contributed by atoms with E-state index in [1.165, 1.54) is 12.5 Å². The first-order valence-electron chi connectivity index (χ1n) is 5.89. The molecule has 2 N–H and O–H groups in total. The molecule has 0 bridgehead atoms. The maximum Gasteiger partial charge on any atom is 0.248 e. The first kappa shape index (κ1) is 13.7. The lowest BCUT2D eigenvalue weighted by Gasteiger charge is -2.33. The molecule has 2 atom stereocenters. The fraction of sp³-hybridized carbons (Fsp3) is 0.500. The zero-order valence-electron chi connectivity index (χ0n) is 10.9. The van der Waals surface area contributed by atoms with Gasteiger partial charge in [-0.05, 0) is 19.4 Å². The van der Waals surface area contributed by atoms with Gasteiger partial charge in [0.1, 0.15) is 6.10 Å². The van der Waals surface area contributed by atoms with Crippen LogP contribution in [-0.2, 0) is 10.2 Å². The van der Waals surface area contributed by atoms with Crippen molar-refractivity contribution in [1.29, 1.82) is 0 Å². The lowest BCUT2D eigenvalue weighted by molar-refractivity contribution is -0.129. The summed E-state index contributed by atoms with van der Waals surface area (Å²) in [4.78, 5) is 11.5. The predicted octanol–water partition coefficient (Wildman–Crippen LogP) is 1.85. The van der Waals surface area contributed by atoms with Crippen LogP contribution in [0, 0.1) is 0 Å². The first-order chi connectivity index (χ1) is 7.85. The van der Waals surface area contributed by atoms with E-state index < -0.39 is 6.10 Å². The van der Waals surface area contributed by atoms with E-state index in [0.29, 0.717) is 0 Å². The summed E-state index contributed by atoms with van der Waals surface area (Å²) in [6, 6.07) is 9.99. The van der Waals surface area contributed by atoms with Gasteiger partial charge in [-0.15, -0.1) is 0 Å². The molecule has 0 aliphatic rings. The summed E-state index contributed by atoms with van der Waals surface area (Å²) in [7, 11) is 0. The summed E-state index contributed by atoms with van der Waals surface area (Å²) < 4.78 is 0. The van der Waals surface area contributed by atoms with Crippen LogP contribution in [0.5, 0.6) is 0 Å². The Labute approximate surface area is 103 Å². The van der Waals surface area contributed by atoms with Gasteiger partial charge in [-0.3, -0.25) is 4.79 Å². The van der Waals surface area contributed by atoms with E-state index in [4.69, 9.17) is 0 Å². The van der Waals surface area contributed by atoms with E-state index in [9.17, 15) is 9.90 Å². The summed E-state index contributed by atoms with van der Waals surface area (Å²) >= 11 is 0. The number of hydrogen-bond acceptors (Lipinski definition) is 2. The number of amides is 1. The van der Waals surface area contributed by atoms with Crippen LogP contribution in [0.1, 0.15) is 33.3 Å². The zero-order chi connectivity index (χ0) is 13.1. The smallest absolute Gasteiger partial charge is 0.248 e. The molecule has 0 aromatic heterocycles. The number of benzene rings is 1. The lowest BCUT2D eigenvalue weighted by atomic mass is 9.78. The molecule has 0 saturated carbocycles. The fourth-order valence-corrected chi connectivity index (χ4v) is 1.63. The number of aliphatic hydroxyl groups is 1. The molecule has 0 heterocycles. The van der Waals surface area contributed by atoms with E-state index in [1.807, 2.05) is 37.3 Å². The molecule has 0 fully saturated rings. The third-order valence-corrected chi connectivity index (χ3v) is 3.34. The third kappa shape index (κ3) is 3.30. The van der Waals surface area contributed by atoms with E-state index in [1.54, 1.807) is 0 Å². The minimum Gasteiger partial charge on any atom is -0.384 e. The largest absolute Gasteiger partial charge is 0.384 e. The number of aliphatic hydroxyl groups excluding tert-OH is 1. The molecule has 2 unspecified atom stereocenters. The Kier molecular flexibility index (Phi) is 4.29. The highest BCUT2D eigenvalue weighted by atomic mass is 16.3. The fourth-order valence-electron chi connectivity index (χ4n) is 1.63. The molecular weight excluding hydrogens is 214 g/mol. The molecule has 94 valence electrons. The van der Waals surface area contributed by atoms with E-state index >= 15 is 0 Å². The molecule has 1 rings (SSSR count). The van der Waals surface area contributed by atoms with E-state index in [-0.39, 0.29) is 17.4 Å². The highest BCUT2D eigenvalue weighted by Gasteiger charge is 2.29. The molecule has 17 heavy (non-hydrogen) atoms. The molecule has 1 amide bonds. The first-order valence-corrected chi connectivity index (χ1v) is 5.89. The Morgan fingerprint density at radius 3 is 2.24 bits per heavy atom. The number of carbonyl (C=O) groups excluding carboxylic acids is 1. The van der Waals surface area contributed by atoms with Gasteiger partial charge in [0.2, 0.25) is 5.91 Å². The Morgan fingerprint density at radius 1 is 1.24 bits per heavy atom. The van der Waals surface area contributed by atoms with Gasteiger partial charge in [-0.2, -0.15) is 0 Å². The zero-order valence-corrected chi connectivity index (χ0v) is 10.9. The number of carbonyl (C=O) groups is 1. The molecule has 3 heteroatoms. The van der Waals surface area contributed by atoms with E-state index in [0.717, 1.165) is 0 Å². The quantitative estimate of drug-likeness (QED) is 0.836. The molecular formula is C14H21NO2. The topological polar surface area (TPSA) is 49.3 Å². The summed E-state index contributed by atoms with van der Waals surface area (Å²) in [5, 5.41) is 12.0. The Balaban J connectivity index is 2.80. The van der Waals surface area contributed by atoms with Crippen LogP contribution >= 0.6 is 0 Å². The normalized spacial score (nSPS) is 15.1. The minimum absolute atomic E-state index is 0.0491. The van der Waals surface area contributed by atoms with Crippen LogP contribution in [0.25, 0.3) is 0 Å². The van der Waals surface area contributed by atoms with Gasteiger partial charge in [0, 0.05) is 11.5 Å². The van der Waals surface area contributed by atoms with Gasteiger partial charge < -0.3 is 10.4 Å². The number of nitrogens with one attached hydrogen (secondary N) is 1. The second-order valence-corrected chi connectivity index (χ2v) is 4.99. The van der Waals surface area contributed by atoms with Gasteiger partial charge in [-0.25, -0.2) is 0 Å². The molecule has 1 aromatic rings. The maximum absolute atomic E-state index is 11.5. The van der Waals surface area contributed by atoms with Crippen LogP contribution in [0.4, 0.5) is 0 Å². The van der Waals surface area contributed by atoms with Gasteiger partial charge in [0.15, 0.2) is 0 Å². The third-order valence-electron chi connectivity index (χ3n) is 3.34. The average Bonchev–Trinajstić information content (AvgIpc) is 2.29. The number of rotatable bonds is 4. The van der Waals surface area contributed by atoms with Crippen LogP contribution in [0.3, 0.4) is 0 Å². The van der Waals surface area contributed by atoms with Gasteiger partial charge in [0.25, 0.3) is 0 Å². The van der Waals surface area contributed by atoms with Crippen molar-refractivity contribution in [2.45, 2.75) is 45.3 Å². The van der Waals surface area contributed by atoms with Gasteiger partial charge >= 0.3 is 0 Å². The number of hydrogen-bond donors (Lipinski definition) is 2. The summed E-state index contributed by atoms with van der Waals surface area (Å²) in [6.07, 6.45) is -0.968. The summed E-state index contributed by atoms with van der Waals surface area (Å²) in [5.41, 5.74) is 0.990. The molecule has 3 nitrogen and oxygen atoms in total. The average molecular weight is 235 g/mol. The SMILES string of the molecule is CC(O)C(=O)NC(C)C(C)(C)c1ccccc1. The highest BCUT2D eigenvalue weighted by molar-refractivity contribution is 5.80. The van der Waals surface area contributed by atoms with Crippen molar-refractivity contribution in [3.63, 3.8) is 0 Å². The summed E-state index contributed by atoms with van der Waals surface area (Å²) in [6.45, 7) is 7.58. The predicted molar refractivity (Wildman–Crippen MR) is 68.8 cm³/mol. The summed E-state index contributed by atoms with van der Waals surface area (Å²) in [5.74, 6) is -0.332. The lowest BCUT2D eigenvalue weighted by Crippen LogP contribution is -2.48. The minimum atomic E-state index is -0.968. The molecule has 0 spiro atoms. The Bertz CT molecular complexity index is 371. The highest BCUT2D eigenvalue weighted by Crippen LogP contribution is 2.26. The molecule has 0 aliphatic heterocycles. The van der Waals surface area contributed by atoms with Crippen molar-refractivity contribution in [3.8, 4) is 0 Å². The van der Waals surface area contributed by atoms with Gasteiger partial charge in [0.05, 0.1) is 0 Å². The van der Waals surface area contributed by atoms with Crippen molar-refractivity contribution in [3.05, 3.63) is 35.9 Å². The van der Waals surface area contributed by atoms with E-state index in [2.05, 4.69) is 19.2 Å². The second-order valence-electron chi connectivity index (χ2n) is 4.99. The Hall–Kier alpha value is -1.35. The van der Waals surface area contributed by atoms with Crippen molar-refractivity contribution in [2.75, 3.05) is 0 Å². The van der Waals surface area contributed by atoms with Gasteiger partial charge in [-0.1, -0.05) is 44.2 Å². The van der Waals surface area contributed by atoms with Crippen molar-refractivity contribution in [1.82, 2.24) is 5.32 Å².